The number of methoxy groups -OCH3 is 1. The van der Waals surface area contributed by atoms with Crippen LogP contribution < -0.4 is 10.0 Å². The minimum atomic E-state index is -3.44. The van der Waals surface area contributed by atoms with Crippen molar-refractivity contribution in [2.45, 2.75) is 24.3 Å². The highest BCUT2D eigenvalue weighted by atomic mass is 32.2. The van der Waals surface area contributed by atoms with E-state index < -0.39 is 10.0 Å². The van der Waals surface area contributed by atoms with Crippen LogP contribution in [0.2, 0.25) is 0 Å². The molecule has 0 aliphatic heterocycles. The molecule has 0 unspecified atom stereocenters. The van der Waals surface area contributed by atoms with Crippen molar-refractivity contribution < 1.29 is 17.9 Å². The van der Waals surface area contributed by atoms with Crippen LogP contribution in [-0.4, -0.2) is 28.5 Å². The highest BCUT2D eigenvalue weighted by molar-refractivity contribution is 7.89. The molecule has 0 fully saturated rings. The number of aryl methyl sites for hydroxylation is 1. The van der Waals surface area contributed by atoms with Crippen LogP contribution in [-0.2, 0) is 32.6 Å². The average Bonchev–Trinajstić information content (AvgIpc) is 2.61. The van der Waals surface area contributed by atoms with Gasteiger partial charge in [-0.3, -0.25) is 4.79 Å². The van der Waals surface area contributed by atoms with Gasteiger partial charge in [-0.25, -0.2) is 13.1 Å². The third kappa shape index (κ3) is 5.67. The van der Waals surface area contributed by atoms with Gasteiger partial charge in [0.15, 0.2) is 0 Å². The van der Waals surface area contributed by atoms with Gasteiger partial charge in [0, 0.05) is 19.2 Å². The Labute approximate surface area is 148 Å². The van der Waals surface area contributed by atoms with E-state index in [0.29, 0.717) is 19.4 Å². The number of sulfonamides is 1. The van der Waals surface area contributed by atoms with Gasteiger partial charge in [0.1, 0.15) is 0 Å². The summed E-state index contributed by atoms with van der Waals surface area (Å²) in [5.41, 5.74) is 2.62. The predicted molar refractivity (Wildman–Crippen MR) is 96.8 cm³/mol. The lowest BCUT2D eigenvalue weighted by Gasteiger charge is -2.08. The Morgan fingerprint density at radius 1 is 1.08 bits per heavy atom. The van der Waals surface area contributed by atoms with Crippen LogP contribution >= 0.6 is 0 Å². The van der Waals surface area contributed by atoms with Crippen molar-refractivity contribution in [2.75, 3.05) is 19.5 Å². The molecule has 0 spiro atoms. The molecular formula is C18H22N2O4S. The van der Waals surface area contributed by atoms with Crippen LogP contribution in [0.25, 0.3) is 0 Å². The molecule has 1 amide bonds. The lowest BCUT2D eigenvalue weighted by Crippen LogP contribution is -2.18. The third-order valence-corrected chi connectivity index (χ3v) is 5.10. The maximum atomic E-state index is 12.1. The Morgan fingerprint density at radius 2 is 1.80 bits per heavy atom. The number of anilines is 1. The molecule has 0 saturated carbocycles. The fraction of sp³-hybridized carbons (Fsp3) is 0.278. The number of hydrogen-bond acceptors (Lipinski definition) is 4. The normalized spacial score (nSPS) is 11.3. The number of carbonyl (C=O) groups excluding carboxylic acids is 1. The molecule has 2 aromatic rings. The van der Waals surface area contributed by atoms with E-state index in [0.717, 1.165) is 16.8 Å². The number of rotatable bonds is 8. The summed E-state index contributed by atoms with van der Waals surface area (Å²) < 4.78 is 30.7. The van der Waals surface area contributed by atoms with E-state index in [1.807, 2.05) is 24.3 Å². The van der Waals surface area contributed by atoms with E-state index in [1.165, 1.54) is 19.2 Å². The van der Waals surface area contributed by atoms with Gasteiger partial charge in [0.05, 0.1) is 11.5 Å². The summed E-state index contributed by atoms with van der Waals surface area (Å²) in [6.07, 6.45) is 0.843. The Balaban J connectivity index is 1.91. The monoisotopic (exact) mass is 362 g/mol. The average molecular weight is 362 g/mol. The number of ether oxygens (including phenoxy) is 1. The molecule has 2 N–H and O–H groups in total. The zero-order valence-electron chi connectivity index (χ0n) is 14.3. The van der Waals surface area contributed by atoms with Crippen molar-refractivity contribution in [1.82, 2.24) is 4.72 Å². The first-order valence-corrected chi connectivity index (χ1v) is 9.33. The molecule has 0 bridgehead atoms. The van der Waals surface area contributed by atoms with Gasteiger partial charge in [0.25, 0.3) is 0 Å². The number of carbonyl (C=O) groups is 1. The fourth-order valence-electron chi connectivity index (χ4n) is 2.34. The molecule has 2 aromatic carbocycles. The standard InChI is InChI=1S/C18H22N2O4S/c1-19-25(22,23)17-9-6-14(7-10-17)8-11-18(21)20-16-5-3-4-15(12-16)13-24-2/h3-7,9-10,12,19H,8,11,13H2,1-2H3,(H,20,21). The molecule has 0 atom stereocenters. The molecule has 0 aliphatic rings. The van der Waals surface area contributed by atoms with Gasteiger partial charge in [-0.1, -0.05) is 24.3 Å². The Bertz CT molecular complexity index is 817. The van der Waals surface area contributed by atoms with Crippen LogP contribution in [0.15, 0.2) is 53.4 Å². The zero-order valence-corrected chi connectivity index (χ0v) is 15.1. The van der Waals surface area contributed by atoms with E-state index in [1.54, 1.807) is 19.2 Å². The van der Waals surface area contributed by atoms with Gasteiger partial charge in [-0.15, -0.1) is 0 Å². The molecule has 7 heteroatoms. The summed E-state index contributed by atoms with van der Waals surface area (Å²) >= 11 is 0. The first kappa shape index (κ1) is 19.1. The number of amides is 1. The molecule has 0 heterocycles. The Hall–Kier alpha value is -2.22. The molecule has 0 radical (unpaired) electrons. The van der Waals surface area contributed by atoms with Gasteiger partial charge >= 0.3 is 0 Å². The van der Waals surface area contributed by atoms with E-state index in [4.69, 9.17) is 4.74 Å². The highest BCUT2D eigenvalue weighted by Crippen LogP contribution is 2.14. The summed E-state index contributed by atoms with van der Waals surface area (Å²) in [5, 5.41) is 2.86. The van der Waals surface area contributed by atoms with Gasteiger partial charge < -0.3 is 10.1 Å². The molecule has 2 rings (SSSR count). The summed E-state index contributed by atoms with van der Waals surface area (Å²) in [7, 11) is -0.442. The van der Waals surface area contributed by atoms with Crippen molar-refractivity contribution in [3.63, 3.8) is 0 Å². The van der Waals surface area contributed by atoms with E-state index in [9.17, 15) is 13.2 Å². The zero-order chi connectivity index (χ0) is 18.3. The SMILES string of the molecule is CNS(=O)(=O)c1ccc(CCC(=O)Nc2cccc(COC)c2)cc1. The summed E-state index contributed by atoms with van der Waals surface area (Å²) in [4.78, 5) is 12.3. The number of nitrogens with one attached hydrogen (secondary N) is 2. The molecule has 25 heavy (non-hydrogen) atoms. The van der Waals surface area contributed by atoms with Crippen LogP contribution in [0.5, 0.6) is 0 Å². The van der Waals surface area contributed by atoms with Crippen molar-refractivity contribution in [3.8, 4) is 0 Å². The first-order valence-electron chi connectivity index (χ1n) is 7.85. The quantitative estimate of drug-likeness (QED) is 0.755. The minimum absolute atomic E-state index is 0.0958. The fourth-order valence-corrected chi connectivity index (χ4v) is 3.07. The van der Waals surface area contributed by atoms with Gasteiger partial charge in [-0.05, 0) is 48.9 Å². The van der Waals surface area contributed by atoms with Crippen molar-refractivity contribution in [3.05, 3.63) is 59.7 Å². The maximum absolute atomic E-state index is 12.1. The second-order valence-corrected chi connectivity index (χ2v) is 7.42. The smallest absolute Gasteiger partial charge is 0.240 e. The van der Waals surface area contributed by atoms with Crippen LogP contribution in [0.1, 0.15) is 17.5 Å². The molecule has 0 saturated heterocycles. The molecule has 0 aliphatic carbocycles. The van der Waals surface area contributed by atoms with Gasteiger partial charge in [-0.2, -0.15) is 0 Å². The second-order valence-electron chi connectivity index (χ2n) is 5.53. The van der Waals surface area contributed by atoms with Crippen LogP contribution in [0.4, 0.5) is 5.69 Å². The van der Waals surface area contributed by atoms with Crippen molar-refractivity contribution in [2.24, 2.45) is 0 Å². The van der Waals surface area contributed by atoms with Crippen LogP contribution in [0.3, 0.4) is 0 Å². The van der Waals surface area contributed by atoms with Crippen molar-refractivity contribution >= 4 is 21.6 Å². The Kier molecular flexibility index (Phi) is 6.69. The summed E-state index contributed by atoms with van der Waals surface area (Å²) in [5.74, 6) is -0.0958. The predicted octanol–water partition coefficient (Wildman–Crippen LogP) is 2.31. The third-order valence-electron chi connectivity index (χ3n) is 3.66. The molecule has 134 valence electrons. The lowest BCUT2D eigenvalue weighted by molar-refractivity contribution is -0.116. The van der Waals surface area contributed by atoms with Gasteiger partial charge in [0.2, 0.25) is 15.9 Å². The minimum Gasteiger partial charge on any atom is -0.380 e. The number of benzene rings is 2. The first-order chi connectivity index (χ1) is 11.9. The number of hydrogen-bond donors (Lipinski definition) is 2. The topological polar surface area (TPSA) is 84.5 Å². The lowest BCUT2D eigenvalue weighted by atomic mass is 10.1. The van der Waals surface area contributed by atoms with Crippen molar-refractivity contribution in [1.29, 1.82) is 0 Å². The van der Waals surface area contributed by atoms with Crippen LogP contribution in [0, 0.1) is 0 Å². The second kappa shape index (κ2) is 8.75. The Morgan fingerprint density at radius 3 is 2.44 bits per heavy atom. The molecule has 6 nitrogen and oxygen atoms in total. The summed E-state index contributed by atoms with van der Waals surface area (Å²) in [6, 6.07) is 14.0. The highest BCUT2D eigenvalue weighted by Gasteiger charge is 2.11. The van der Waals surface area contributed by atoms with E-state index in [-0.39, 0.29) is 10.8 Å². The molecular weight excluding hydrogens is 340 g/mol. The maximum Gasteiger partial charge on any atom is 0.240 e. The molecule has 0 aromatic heterocycles. The largest absolute Gasteiger partial charge is 0.380 e. The van der Waals surface area contributed by atoms with E-state index in [2.05, 4.69) is 10.0 Å². The summed E-state index contributed by atoms with van der Waals surface area (Å²) in [6.45, 7) is 0.492. The van der Waals surface area contributed by atoms with E-state index >= 15 is 0 Å².